The molecule has 1 aliphatic rings. The van der Waals surface area contributed by atoms with E-state index in [1.807, 2.05) is 19.1 Å². The summed E-state index contributed by atoms with van der Waals surface area (Å²) in [4.78, 5) is 23.9. The molecular weight excluding hydrogens is 348 g/mol. The van der Waals surface area contributed by atoms with E-state index in [2.05, 4.69) is 0 Å². The molecule has 1 heterocycles. The first kappa shape index (κ1) is 18.9. The van der Waals surface area contributed by atoms with Gasteiger partial charge in [0.2, 0.25) is 0 Å². The monoisotopic (exact) mass is 370 g/mol. The molecule has 0 saturated carbocycles. The molecule has 0 amide bonds. The normalized spacial score (nSPS) is 16.0. The van der Waals surface area contributed by atoms with Crippen molar-refractivity contribution in [1.29, 1.82) is 0 Å². The van der Waals surface area contributed by atoms with Gasteiger partial charge in [0, 0.05) is 6.61 Å². The molecule has 142 valence electrons. The van der Waals surface area contributed by atoms with Gasteiger partial charge in [0.25, 0.3) is 0 Å². The zero-order chi connectivity index (χ0) is 19.1. The van der Waals surface area contributed by atoms with Crippen molar-refractivity contribution >= 4 is 11.9 Å². The highest BCUT2D eigenvalue weighted by molar-refractivity contribution is 5.89. The average Bonchev–Trinajstić information content (AvgIpc) is 3.20. The third-order valence-corrected chi connectivity index (χ3v) is 4.12. The fourth-order valence-corrected chi connectivity index (χ4v) is 2.62. The fraction of sp³-hybridized carbons (Fsp3) is 0.333. The van der Waals surface area contributed by atoms with Gasteiger partial charge >= 0.3 is 11.9 Å². The lowest BCUT2D eigenvalue weighted by Crippen LogP contribution is -2.18. The first-order chi connectivity index (χ1) is 13.1. The summed E-state index contributed by atoms with van der Waals surface area (Å²) in [6, 6.07) is 13.6. The van der Waals surface area contributed by atoms with Crippen molar-refractivity contribution in [2.75, 3.05) is 19.8 Å². The van der Waals surface area contributed by atoms with Crippen LogP contribution in [-0.4, -0.2) is 37.9 Å². The summed E-state index contributed by atoms with van der Waals surface area (Å²) >= 11 is 0. The predicted octanol–water partition coefficient (Wildman–Crippen LogP) is 3.32. The van der Waals surface area contributed by atoms with Gasteiger partial charge in [-0.05, 0) is 56.2 Å². The van der Waals surface area contributed by atoms with Gasteiger partial charge in [-0.25, -0.2) is 9.59 Å². The van der Waals surface area contributed by atoms with E-state index in [1.165, 1.54) is 0 Å². The lowest BCUT2D eigenvalue weighted by Gasteiger charge is -2.10. The van der Waals surface area contributed by atoms with Gasteiger partial charge in [-0.3, -0.25) is 0 Å². The molecule has 0 bridgehead atoms. The van der Waals surface area contributed by atoms with E-state index < -0.39 is 11.9 Å². The van der Waals surface area contributed by atoms with Crippen molar-refractivity contribution in [2.45, 2.75) is 25.9 Å². The Kier molecular flexibility index (Phi) is 6.44. The van der Waals surface area contributed by atoms with Crippen LogP contribution in [0.1, 0.15) is 28.8 Å². The second-order valence-corrected chi connectivity index (χ2v) is 6.33. The van der Waals surface area contributed by atoms with Crippen LogP contribution in [0.2, 0.25) is 0 Å². The topological polar surface area (TPSA) is 71.1 Å². The largest absolute Gasteiger partial charge is 0.482 e. The van der Waals surface area contributed by atoms with E-state index in [4.69, 9.17) is 18.9 Å². The smallest absolute Gasteiger partial charge is 0.349 e. The van der Waals surface area contributed by atoms with Gasteiger partial charge in [0.05, 0.1) is 11.7 Å². The summed E-state index contributed by atoms with van der Waals surface area (Å²) in [5.74, 6) is -0.0135. The average molecular weight is 370 g/mol. The van der Waals surface area contributed by atoms with Gasteiger partial charge in [0.15, 0.2) is 6.61 Å². The molecular formula is C21H22O6. The Hall–Kier alpha value is -2.86. The Bertz CT molecular complexity index is 760. The summed E-state index contributed by atoms with van der Waals surface area (Å²) in [5, 5.41) is 0. The van der Waals surface area contributed by atoms with Crippen LogP contribution in [0.15, 0.2) is 48.5 Å². The van der Waals surface area contributed by atoms with Crippen molar-refractivity contribution in [1.82, 2.24) is 0 Å². The lowest BCUT2D eigenvalue weighted by atomic mass is 10.2. The zero-order valence-electron chi connectivity index (χ0n) is 15.2. The molecule has 1 fully saturated rings. The van der Waals surface area contributed by atoms with Gasteiger partial charge in [-0.15, -0.1) is 0 Å². The van der Waals surface area contributed by atoms with Crippen LogP contribution in [0.5, 0.6) is 11.5 Å². The molecule has 3 rings (SSSR count). The Labute approximate surface area is 158 Å². The molecule has 2 aromatic rings. The highest BCUT2D eigenvalue weighted by Crippen LogP contribution is 2.16. The summed E-state index contributed by atoms with van der Waals surface area (Å²) < 4.78 is 21.2. The first-order valence-electron chi connectivity index (χ1n) is 8.89. The number of carbonyl (C=O) groups excluding carboxylic acids is 2. The number of esters is 2. The fourth-order valence-electron chi connectivity index (χ4n) is 2.62. The van der Waals surface area contributed by atoms with Gasteiger partial charge in [0.1, 0.15) is 18.1 Å². The molecule has 6 nitrogen and oxygen atoms in total. The van der Waals surface area contributed by atoms with Crippen molar-refractivity contribution in [3.05, 3.63) is 59.7 Å². The van der Waals surface area contributed by atoms with Gasteiger partial charge in [-0.2, -0.15) is 0 Å². The second kappa shape index (κ2) is 9.19. The zero-order valence-corrected chi connectivity index (χ0v) is 15.2. The minimum absolute atomic E-state index is 0.0114. The lowest BCUT2D eigenvalue weighted by molar-refractivity contribution is -0.136. The third kappa shape index (κ3) is 5.82. The second-order valence-electron chi connectivity index (χ2n) is 6.33. The van der Waals surface area contributed by atoms with E-state index in [0.717, 1.165) is 25.0 Å². The van der Waals surface area contributed by atoms with Crippen LogP contribution in [0.4, 0.5) is 0 Å². The van der Waals surface area contributed by atoms with E-state index >= 15 is 0 Å². The molecule has 0 aliphatic carbocycles. The summed E-state index contributed by atoms with van der Waals surface area (Å²) in [6.45, 7) is 2.75. The molecule has 0 radical (unpaired) electrons. The number of carbonyl (C=O) groups is 2. The predicted molar refractivity (Wildman–Crippen MR) is 98.0 cm³/mol. The summed E-state index contributed by atoms with van der Waals surface area (Å²) in [5.41, 5.74) is 1.50. The van der Waals surface area contributed by atoms with Crippen LogP contribution in [-0.2, 0) is 14.3 Å². The number of hydrogen-bond acceptors (Lipinski definition) is 6. The van der Waals surface area contributed by atoms with Gasteiger partial charge in [-0.1, -0.05) is 17.7 Å². The molecule has 2 aromatic carbocycles. The van der Waals surface area contributed by atoms with E-state index in [1.54, 1.807) is 36.4 Å². The molecule has 0 aromatic heterocycles. The number of benzene rings is 2. The first-order valence-corrected chi connectivity index (χ1v) is 8.89. The molecule has 1 atom stereocenters. The highest BCUT2D eigenvalue weighted by atomic mass is 16.6. The van der Waals surface area contributed by atoms with Gasteiger partial charge < -0.3 is 18.9 Å². The Morgan fingerprint density at radius 1 is 1.04 bits per heavy atom. The van der Waals surface area contributed by atoms with E-state index in [0.29, 0.717) is 17.1 Å². The maximum Gasteiger partial charge on any atom is 0.349 e. The molecule has 6 heteroatoms. The van der Waals surface area contributed by atoms with Crippen molar-refractivity contribution in [2.24, 2.45) is 0 Å². The van der Waals surface area contributed by atoms with Crippen molar-refractivity contribution in [3.63, 3.8) is 0 Å². The minimum Gasteiger partial charge on any atom is -0.482 e. The van der Waals surface area contributed by atoms with Crippen molar-refractivity contribution in [3.8, 4) is 11.5 Å². The Morgan fingerprint density at radius 3 is 2.41 bits per heavy atom. The molecule has 27 heavy (non-hydrogen) atoms. The van der Waals surface area contributed by atoms with E-state index in [-0.39, 0.29) is 19.3 Å². The van der Waals surface area contributed by atoms with Crippen LogP contribution in [0.3, 0.4) is 0 Å². The molecule has 1 unspecified atom stereocenters. The number of hydrogen-bond donors (Lipinski definition) is 0. The number of aryl methyl sites for hydroxylation is 1. The molecule has 0 N–H and O–H groups in total. The van der Waals surface area contributed by atoms with E-state index in [9.17, 15) is 9.59 Å². The summed E-state index contributed by atoms with van der Waals surface area (Å²) in [7, 11) is 0. The molecule has 1 aliphatic heterocycles. The number of ether oxygens (including phenoxy) is 4. The third-order valence-electron chi connectivity index (χ3n) is 4.12. The SMILES string of the molecule is Cc1ccc(OCC(=O)Oc2ccc(C(=O)OCC3CCCO3)cc2)cc1. The standard InChI is InChI=1S/C21H22O6/c1-15-4-8-17(9-5-15)25-14-20(22)27-18-10-6-16(7-11-18)21(23)26-13-19-3-2-12-24-19/h4-11,19H,2-3,12-14H2,1H3. The molecule has 1 saturated heterocycles. The molecule has 0 spiro atoms. The quantitative estimate of drug-likeness (QED) is 0.550. The van der Waals surface area contributed by atoms with Crippen LogP contribution in [0.25, 0.3) is 0 Å². The maximum atomic E-state index is 12.0. The Morgan fingerprint density at radius 2 is 1.74 bits per heavy atom. The minimum atomic E-state index is -0.524. The van der Waals surface area contributed by atoms with Crippen LogP contribution in [0, 0.1) is 6.92 Å². The maximum absolute atomic E-state index is 12.0. The van der Waals surface area contributed by atoms with Crippen LogP contribution >= 0.6 is 0 Å². The van der Waals surface area contributed by atoms with Crippen molar-refractivity contribution < 1.29 is 28.5 Å². The number of rotatable bonds is 7. The van der Waals surface area contributed by atoms with Crippen LogP contribution < -0.4 is 9.47 Å². The summed E-state index contributed by atoms with van der Waals surface area (Å²) in [6.07, 6.45) is 1.89. The Balaban J connectivity index is 1.44. The highest BCUT2D eigenvalue weighted by Gasteiger charge is 2.18.